The minimum Gasteiger partial charge on any atom is -0.355 e. The Morgan fingerprint density at radius 2 is 1.71 bits per heavy atom. The first-order valence-electron chi connectivity index (χ1n) is 7.67. The van der Waals surface area contributed by atoms with Gasteiger partial charge in [0, 0.05) is 10.9 Å². The number of hydrogen-bond acceptors (Lipinski definition) is 4. The van der Waals surface area contributed by atoms with Gasteiger partial charge in [0.1, 0.15) is 5.52 Å². The van der Waals surface area contributed by atoms with E-state index >= 15 is 0 Å². The van der Waals surface area contributed by atoms with Gasteiger partial charge in [0.2, 0.25) is 0 Å². The Bertz CT molecular complexity index is 1050. The van der Waals surface area contributed by atoms with Gasteiger partial charge < -0.3 is 4.52 Å². The van der Waals surface area contributed by atoms with Crippen molar-refractivity contribution in [3.8, 4) is 11.3 Å². The van der Waals surface area contributed by atoms with Gasteiger partial charge in [-0.15, -0.1) is 0 Å². The van der Waals surface area contributed by atoms with E-state index in [1.807, 2.05) is 56.3 Å². The molecule has 0 unspecified atom stereocenters. The molecule has 0 amide bonds. The van der Waals surface area contributed by atoms with E-state index in [2.05, 4.69) is 10.3 Å². The molecule has 24 heavy (non-hydrogen) atoms. The Morgan fingerprint density at radius 3 is 2.50 bits per heavy atom. The summed E-state index contributed by atoms with van der Waals surface area (Å²) in [5.41, 5.74) is 3.67. The minimum atomic E-state index is -0.161. The zero-order chi connectivity index (χ0) is 16.7. The number of hydrogen-bond donors (Lipinski definition) is 0. The summed E-state index contributed by atoms with van der Waals surface area (Å²) >= 11 is 0. The van der Waals surface area contributed by atoms with E-state index in [4.69, 9.17) is 4.52 Å². The molecule has 2 heterocycles. The molecule has 0 saturated heterocycles. The van der Waals surface area contributed by atoms with Crippen molar-refractivity contribution in [2.24, 2.45) is 0 Å². The molecule has 0 bridgehead atoms. The van der Waals surface area contributed by atoms with E-state index in [0.29, 0.717) is 11.3 Å². The van der Waals surface area contributed by atoms with Crippen LogP contribution in [0.1, 0.15) is 21.7 Å². The van der Waals surface area contributed by atoms with Gasteiger partial charge in [0.25, 0.3) is 5.91 Å². The molecule has 0 atom stereocenters. The zero-order valence-electron chi connectivity index (χ0n) is 13.4. The number of fused-ring (bicyclic) bond motifs is 1. The van der Waals surface area contributed by atoms with Crippen molar-refractivity contribution >= 4 is 16.8 Å². The van der Waals surface area contributed by atoms with Crippen LogP contribution in [0, 0.1) is 13.8 Å². The Balaban J connectivity index is 1.87. The number of carbonyl (C=O) groups excluding carboxylic acids is 1. The maximum absolute atomic E-state index is 12.7. The predicted molar refractivity (Wildman–Crippen MR) is 90.9 cm³/mol. The molecule has 2 aromatic heterocycles. The summed E-state index contributed by atoms with van der Waals surface area (Å²) in [6.07, 6.45) is 0. The highest BCUT2D eigenvalue weighted by Crippen LogP contribution is 2.33. The third kappa shape index (κ3) is 2.13. The van der Waals surface area contributed by atoms with Crippen LogP contribution in [-0.4, -0.2) is 20.8 Å². The standard InChI is InChI=1S/C19H15N3O2/c1-12-17(18-15-10-6-7-11-16(15)21-24-18)13(2)22(20-12)19(23)14-8-4-3-5-9-14/h3-11H,1-2H3. The first-order valence-corrected chi connectivity index (χ1v) is 7.67. The molecular weight excluding hydrogens is 302 g/mol. The minimum absolute atomic E-state index is 0.161. The molecule has 0 saturated carbocycles. The summed E-state index contributed by atoms with van der Waals surface area (Å²) in [5.74, 6) is 0.485. The third-order valence-electron chi connectivity index (χ3n) is 4.12. The molecule has 0 aliphatic heterocycles. The molecule has 0 aliphatic carbocycles. The zero-order valence-corrected chi connectivity index (χ0v) is 13.4. The normalized spacial score (nSPS) is 11.1. The van der Waals surface area contributed by atoms with E-state index in [-0.39, 0.29) is 5.91 Å². The van der Waals surface area contributed by atoms with Crippen LogP contribution in [-0.2, 0) is 0 Å². The molecule has 2 aromatic carbocycles. The van der Waals surface area contributed by atoms with E-state index in [0.717, 1.165) is 27.9 Å². The molecule has 0 fully saturated rings. The van der Waals surface area contributed by atoms with Crippen molar-refractivity contribution in [2.45, 2.75) is 13.8 Å². The maximum atomic E-state index is 12.7. The smallest absolute Gasteiger partial charge is 0.278 e. The van der Waals surface area contributed by atoms with Crippen LogP contribution in [0.3, 0.4) is 0 Å². The van der Waals surface area contributed by atoms with Crippen LogP contribution >= 0.6 is 0 Å². The third-order valence-corrected chi connectivity index (χ3v) is 4.12. The van der Waals surface area contributed by atoms with Crippen LogP contribution < -0.4 is 0 Å². The highest BCUT2D eigenvalue weighted by Gasteiger charge is 2.23. The van der Waals surface area contributed by atoms with Gasteiger partial charge in [-0.3, -0.25) is 4.79 Å². The number of carbonyl (C=O) groups is 1. The average Bonchev–Trinajstić information content (AvgIpc) is 3.16. The van der Waals surface area contributed by atoms with Gasteiger partial charge in [-0.2, -0.15) is 5.10 Å². The van der Waals surface area contributed by atoms with Crippen LogP contribution in [0.5, 0.6) is 0 Å². The van der Waals surface area contributed by atoms with Gasteiger partial charge in [0.05, 0.1) is 17.0 Å². The van der Waals surface area contributed by atoms with Gasteiger partial charge in [-0.05, 0) is 38.1 Å². The Kier molecular flexibility index (Phi) is 3.27. The number of aryl methyl sites for hydroxylation is 1. The second-order valence-electron chi connectivity index (χ2n) is 5.66. The number of nitrogens with zero attached hydrogens (tertiary/aromatic N) is 3. The fourth-order valence-electron chi connectivity index (χ4n) is 2.94. The lowest BCUT2D eigenvalue weighted by molar-refractivity contribution is 0.0942. The Hall–Kier alpha value is -3.21. The number of benzene rings is 2. The maximum Gasteiger partial charge on any atom is 0.278 e. The Labute approximate surface area is 138 Å². The van der Waals surface area contributed by atoms with Gasteiger partial charge in [-0.1, -0.05) is 35.5 Å². The quantitative estimate of drug-likeness (QED) is 0.561. The van der Waals surface area contributed by atoms with Gasteiger partial charge in [-0.25, -0.2) is 4.68 Å². The first-order chi connectivity index (χ1) is 11.7. The summed E-state index contributed by atoms with van der Waals surface area (Å²) in [7, 11) is 0. The lowest BCUT2D eigenvalue weighted by Gasteiger charge is -2.03. The highest BCUT2D eigenvalue weighted by molar-refractivity contribution is 5.98. The van der Waals surface area contributed by atoms with Crippen molar-refractivity contribution < 1.29 is 9.32 Å². The monoisotopic (exact) mass is 317 g/mol. The molecule has 0 aliphatic rings. The number of rotatable bonds is 2. The van der Waals surface area contributed by atoms with E-state index < -0.39 is 0 Å². The molecule has 0 N–H and O–H groups in total. The largest absolute Gasteiger partial charge is 0.355 e. The Morgan fingerprint density at radius 1 is 1.00 bits per heavy atom. The van der Waals surface area contributed by atoms with Gasteiger partial charge in [0.15, 0.2) is 5.76 Å². The number of aromatic nitrogens is 3. The molecular formula is C19H15N3O2. The van der Waals surface area contributed by atoms with Crippen molar-refractivity contribution in [3.05, 3.63) is 71.5 Å². The average molecular weight is 317 g/mol. The molecule has 5 nitrogen and oxygen atoms in total. The van der Waals surface area contributed by atoms with Crippen molar-refractivity contribution in [3.63, 3.8) is 0 Å². The highest BCUT2D eigenvalue weighted by atomic mass is 16.5. The summed E-state index contributed by atoms with van der Waals surface area (Å²) < 4.78 is 6.97. The lowest BCUT2D eigenvalue weighted by Crippen LogP contribution is -2.15. The molecule has 0 spiro atoms. The summed E-state index contributed by atoms with van der Waals surface area (Å²) in [5, 5.41) is 9.43. The van der Waals surface area contributed by atoms with Crippen molar-refractivity contribution in [1.82, 2.24) is 14.9 Å². The molecule has 0 radical (unpaired) electrons. The van der Waals surface area contributed by atoms with E-state index in [1.54, 1.807) is 12.1 Å². The summed E-state index contributed by atoms with van der Waals surface area (Å²) in [6, 6.07) is 16.8. The second-order valence-corrected chi connectivity index (χ2v) is 5.66. The lowest BCUT2D eigenvalue weighted by atomic mass is 10.1. The molecule has 4 aromatic rings. The molecule has 4 rings (SSSR count). The topological polar surface area (TPSA) is 60.9 Å². The first kappa shape index (κ1) is 14.4. The molecule has 118 valence electrons. The second kappa shape index (κ2) is 5.45. The van der Waals surface area contributed by atoms with Crippen LogP contribution in [0.15, 0.2) is 59.1 Å². The fraction of sp³-hybridized carbons (Fsp3) is 0.105. The van der Waals surface area contributed by atoms with Crippen LogP contribution in [0.4, 0.5) is 0 Å². The SMILES string of the molecule is Cc1nn(C(=O)c2ccccc2)c(C)c1-c1onc2ccccc12. The molecule has 5 heteroatoms. The van der Waals surface area contributed by atoms with E-state index in [1.165, 1.54) is 4.68 Å². The fourth-order valence-corrected chi connectivity index (χ4v) is 2.94. The van der Waals surface area contributed by atoms with Gasteiger partial charge >= 0.3 is 0 Å². The van der Waals surface area contributed by atoms with Crippen LogP contribution in [0.2, 0.25) is 0 Å². The predicted octanol–water partition coefficient (Wildman–Crippen LogP) is 4.00. The van der Waals surface area contributed by atoms with Crippen molar-refractivity contribution in [2.75, 3.05) is 0 Å². The summed E-state index contributed by atoms with van der Waals surface area (Å²) in [4.78, 5) is 12.7. The van der Waals surface area contributed by atoms with Crippen LogP contribution in [0.25, 0.3) is 22.2 Å². The van der Waals surface area contributed by atoms with Crippen molar-refractivity contribution in [1.29, 1.82) is 0 Å². The summed E-state index contributed by atoms with van der Waals surface area (Å²) in [6.45, 7) is 3.74. The van der Waals surface area contributed by atoms with E-state index in [9.17, 15) is 4.79 Å².